The van der Waals surface area contributed by atoms with Gasteiger partial charge < -0.3 is 11.1 Å². The summed E-state index contributed by atoms with van der Waals surface area (Å²) in [5, 5.41) is 2.96. The van der Waals surface area contributed by atoms with Gasteiger partial charge >= 0.3 is 6.18 Å². The first kappa shape index (κ1) is 13.0. The first-order valence-corrected chi connectivity index (χ1v) is 6.03. The normalized spacial score (nSPS) is 16.4. The molecule has 1 aromatic rings. The number of anilines is 2. The van der Waals surface area contributed by atoms with Crippen LogP contribution in [0.15, 0.2) is 12.3 Å². The molecule has 1 aliphatic carbocycles. The molecule has 0 aliphatic heterocycles. The number of alkyl halides is 3. The van der Waals surface area contributed by atoms with Crippen LogP contribution >= 0.6 is 0 Å². The van der Waals surface area contributed by atoms with E-state index in [2.05, 4.69) is 10.3 Å². The maximum atomic E-state index is 12.5. The maximum absolute atomic E-state index is 12.5. The molecule has 18 heavy (non-hydrogen) atoms. The Balaban J connectivity index is 1.97. The molecule has 1 aliphatic rings. The highest BCUT2D eigenvalue weighted by Gasteiger charge is 2.32. The number of pyridine rings is 1. The van der Waals surface area contributed by atoms with Crippen molar-refractivity contribution in [2.75, 3.05) is 17.6 Å². The molecule has 0 aromatic carbocycles. The van der Waals surface area contributed by atoms with Crippen LogP contribution in [-0.2, 0) is 6.18 Å². The number of nitrogen functional groups attached to an aromatic ring is 1. The summed E-state index contributed by atoms with van der Waals surface area (Å²) >= 11 is 0. The number of nitrogens with one attached hydrogen (secondary N) is 1. The first-order chi connectivity index (χ1) is 8.47. The largest absolute Gasteiger partial charge is 0.433 e. The molecule has 0 radical (unpaired) electrons. The van der Waals surface area contributed by atoms with Gasteiger partial charge in [0.2, 0.25) is 0 Å². The zero-order valence-corrected chi connectivity index (χ0v) is 9.93. The van der Waals surface area contributed by atoms with E-state index < -0.39 is 11.9 Å². The highest BCUT2D eigenvalue weighted by Crippen LogP contribution is 2.32. The van der Waals surface area contributed by atoms with Gasteiger partial charge in [-0.2, -0.15) is 13.2 Å². The fraction of sp³-hybridized carbons (Fsp3) is 0.583. The fourth-order valence-corrected chi connectivity index (χ4v) is 1.97. The Morgan fingerprint density at radius 1 is 1.39 bits per heavy atom. The minimum Gasteiger partial charge on any atom is -0.396 e. The van der Waals surface area contributed by atoms with Gasteiger partial charge in [0, 0.05) is 6.54 Å². The smallest absolute Gasteiger partial charge is 0.396 e. The van der Waals surface area contributed by atoms with E-state index in [4.69, 9.17) is 5.73 Å². The summed E-state index contributed by atoms with van der Waals surface area (Å²) in [4.78, 5) is 3.29. The predicted octanol–water partition coefficient (Wildman–Crippen LogP) is 3.28. The number of nitrogens with two attached hydrogens (primary N) is 1. The van der Waals surface area contributed by atoms with Gasteiger partial charge in [-0.05, 0) is 18.4 Å². The highest BCUT2D eigenvalue weighted by molar-refractivity contribution is 5.65. The van der Waals surface area contributed by atoms with Gasteiger partial charge in [-0.25, -0.2) is 4.98 Å². The van der Waals surface area contributed by atoms with E-state index in [1.54, 1.807) is 0 Å². The Hall–Kier alpha value is -1.46. The Kier molecular flexibility index (Phi) is 3.63. The van der Waals surface area contributed by atoms with Crippen LogP contribution < -0.4 is 11.1 Å². The summed E-state index contributed by atoms with van der Waals surface area (Å²) in [6.07, 6.45) is 1.30. The Morgan fingerprint density at radius 3 is 2.67 bits per heavy atom. The van der Waals surface area contributed by atoms with Crippen LogP contribution in [0.4, 0.5) is 24.5 Å². The van der Waals surface area contributed by atoms with E-state index in [0.29, 0.717) is 18.2 Å². The average Bonchev–Trinajstić information content (AvgIpc) is 2.22. The lowest BCUT2D eigenvalue weighted by atomic mass is 9.83. The molecule has 1 aromatic heterocycles. The minimum absolute atomic E-state index is 0.247. The number of hydrogen-bond donors (Lipinski definition) is 2. The second-order valence-electron chi connectivity index (χ2n) is 4.67. The van der Waals surface area contributed by atoms with Crippen LogP contribution in [0, 0.1) is 5.92 Å². The van der Waals surface area contributed by atoms with Crippen LogP contribution in [0.3, 0.4) is 0 Å². The topological polar surface area (TPSA) is 50.9 Å². The molecule has 0 bridgehead atoms. The SMILES string of the molecule is Nc1cnc(C(F)(F)F)cc1NCCC1CCC1. The molecule has 0 unspecified atom stereocenters. The van der Waals surface area contributed by atoms with E-state index in [1.165, 1.54) is 19.3 Å². The number of hydrogen-bond acceptors (Lipinski definition) is 3. The minimum atomic E-state index is -4.43. The van der Waals surface area contributed by atoms with Crippen LogP contribution in [-0.4, -0.2) is 11.5 Å². The van der Waals surface area contributed by atoms with E-state index in [0.717, 1.165) is 18.7 Å². The summed E-state index contributed by atoms with van der Waals surface area (Å²) in [7, 11) is 0. The van der Waals surface area contributed by atoms with Crippen LogP contribution in [0.2, 0.25) is 0 Å². The molecule has 1 heterocycles. The summed E-state index contributed by atoms with van der Waals surface area (Å²) in [5.41, 5.74) is 5.25. The van der Waals surface area contributed by atoms with Crippen molar-refractivity contribution in [2.24, 2.45) is 5.92 Å². The maximum Gasteiger partial charge on any atom is 0.433 e. The summed E-state index contributed by atoms with van der Waals surface area (Å²) < 4.78 is 37.4. The predicted molar refractivity (Wildman–Crippen MR) is 64.1 cm³/mol. The van der Waals surface area contributed by atoms with Gasteiger partial charge in [-0.3, -0.25) is 0 Å². The third kappa shape index (κ3) is 3.05. The lowest BCUT2D eigenvalue weighted by Crippen LogP contribution is -2.16. The molecule has 0 amide bonds. The number of nitrogens with zero attached hydrogens (tertiary/aromatic N) is 1. The van der Waals surface area contributed by atoms with Crippen molar-refractivity contribution >= 4 is 11.4 Å². The average molecular weight is 259 g/mol. The fourth-order valence-electron chi connectivity index (χ4n) is 1.97. The molecule has 100 valence electrons. The van der Waals surface area contributed by atoms with E-state index in [-0.39, 0.29) is 5.69 Å². The summed E-state index contributed by atoms with van der Waals surface area (Å²) in [6.45, 7) is 0.649. The second kappa shape index (κ2) is 5.04. The van der Waals surface area contributed by atoms with Crippen molar-refractivity contribution in [2.45, 2.75) is 31.9 Å². The molecule has 2 rings (SSSR count). The number of aromatic nitrogens is 1. The monoisotopic (exact) mass is 259 g/mol. The van der Waals surface area contributed by atoms with Crippen molar-refractivity contribution in [1.82, 2.24) is 4.98 Å². The van der Waals surface area contributed by atoms with Gasteiger partial charge in [0.1, 0.15) is 5.69 Å². The Morgan fingerprint density at radius 2 is 2.11 bits per heavy atom. The molecule has 6 heteroatoms. The van der Waals surface area contributed by atoms with Crippen LogP contribution in [0.1, 0.15) is 31.4 Å². The van der Waals surface area contributed by atoms with Gasteiger partial charge in [-0.15, -0.1) is 0 Å². The summed E-state index contributed by atoms with van der Waals surface area (Å²) in [5.74, 6) is 0.711. The van der Waals surface area contributed by atoms with Gasteiger partial charge in [-0.1, -0.05) is 19.3 Å². The molecular formula is C12H16F3N3. The van der Waals surface area contributed by atoms with Crippen molar-refractivity contribution in [3.8, 4) is 0 Å². The van der Waals surface area contributed by atoms with Crippen LogP contribution in [0.25, 0.3) is 0 Å². The highest BCUT2D eigenvalue weighted by atomic mass is 19.4. The van der Waals surface area contributed by atoms with Gasteiger partial charge in [0.15, 0.2) is 0 Å². The van der Waals surface area contributed by atoms with Crippen LogP contribution in [0.5, 0.6) is 0 Å². The zero-order chi connectivity index (χ0) is 13.2. The Labute approximate surface area is 104 Å². The van der Waals surface area contributed by atoms with Crippen molar-refractivity contribution in [3.05, 3.63) is 18.0 Å². The number of halogens is 3. The standard InChI is InChI=1S/C12H16F3N3/c13-12(14,15)11-6-10(9(16)7-18-11)17-5-4-8-2-1-3-8/h6-8H,1-5,16H2,(H,17,18). The van der Waals surface area contributed by atoms with Crippen molar-refractivity contribution < 1.29 is 13.2 Å². The van der Waals surface area contributed by atoms with E-state index >= 15 is 0 Å². The third-order valence-corrected chi connectivity index (χ3v) is 3.32. The van der Waals surface area contributed by atoms with Gasteiger partial charge in [0.25, 0.3) is 0 Å². The molecule has 1 fully saturated rings. The molecule has 3 nitrogen and oxygen atoms in total. The third-order valence-electron chi connectivity index (χ3n) is 3.32. The molecular weight excluding hydrogens is 243 g/mol. The number of rotatable bonds is 4. The molecule has 0 spiro atoms. The van der Waals surface area contributed by atoms with Crippen molar-refractivity contribution in [1.29, 1.82) is 0 Å². The molecule has 1 saturated carbocycles. The van der Waals surface area contributed by atoms with E-state index in [9.17, 15) is 13.2 Å². The van der Waals surface area contributed by atoms with Crippen molar-refractivity contribution in [3.63, 3.8) is 0 Å². The zero-order valence-electron chi connectivity index (χ0n) is 9.93. The quantitative estimate of drug-likeness (QED) is 0.872. The molecule has 3 N–H and O–H groups in total. The summed E-state index contributed by atoms with van der Waals surface area (Å²) in [6, 6.07) is 0.968. The Bertz CT molecular complexity index is 414. The lowest BCUT2D eigenvalue weighted by Gasteiger charge is -2.25. The molecule has 0 saturated heterocycles. The second-order valence-corrected chi connectivity index (χ2v) is 4.67. The molecule has 0 atom stereocenters. The van der Waals surface area contributed by atoms with Gasteiger partial charge in [0.05, 0.1) is 17.6 Å². The van der Waals surface area contributed by atoms with E-state index in [1.807, 2.05) is 0 Å². The lowest BCUT2D eigenvalue weighted by molar-refractivity contribution is -0.141. The first-order valence-electron chi connectivity index (χ1n) is 6.03.